The zero-order valence-electron chi connectivity index (χ0n) is 10.2. The standard InChI is InChI=1S/C14H10F3NO2/c15-9-2-1-3-10(6-9)18-14(19)8-20-11-4-5-12(16)13(17)7-11/h1-7H,8H2,(H,18,19). The average Bonchev–Trinajstić information content (AvgIpc) is 2.40. The molecule has 1 N–H and O–H groups in total. The zero-order valence-corrected chi connectivity index (χ0v) is 10.2. The lowest BCUT2D eigenvalue weighted by atomic mass is 10.3. The van der Waals surface area contributed by atoms with E-state index < -0.39 is 30.0 Å². The van der Waals surface area contributed by atoms with Gasteiger partial charge in [0.2, 0.25) is 0 Å². The molecule has 0 saturated heterocycles. The van der Waals surface area contributed by atoms with E-state index in [2.05, 4.69) is 5.32 Å². The average molecular weight is 281 g/mol. The lowest BCUT2D eigenvalue weighted by Gasteiger charge is -2.07. The molecule has 3 nitrogen and oxygen atoms in total. The van der Waals surface area contributed by atoms with Crippen LogP contribution in [-0.2, 0) is 4.79 Å². The molecule has 0 aliphatic heterocycles. The van der Waals surface area contributed by atoms with Crippen molar-refractivity contribution in [2.24, 2.45) is 0 Å². The Balaban J connectivity index is 1.90. The third-order valence-corrected chi connectivity index (χ3v) is 2.37. The number of halogens is 3. The fourth-order valence-corrected chi connectivity index (χ4v) is 1.48. The van der Waals surface area contributed by atoms with Gasteiger partial charge in [0, 0.05) is 11.8 Å². The summed E-state index contributed by atoms with van der Waals surface area (Å²) in [7, 11) is 0. The van der Waals surface area contributed by atoms with E-state index in [4.69, 9.17) is 4.74 Å². The van der Waals surface area contributed by atoms with Gasteiger partial charge < -0.3 is 10.1 Å². The molecule has 0 heterocycles. The molecule has 0 atom stereocenters. The quantitative estimate of drug-likeness (QED) is 0.935. The van der Waals surface area contributed by atoms with Crippen molar-refractivity contribution in [2.75, 3.05) is 11.9 Å². The van der Waals surface area contributed by atoms with E-state index in [0.29, 0.717) is 0 Å². The Morgan fingerprint density at radius 2 is 1.85 bits per heavy atom. The smallest absolute Gasteiger partial charge is 0.262 e. The number of nitrogens with one attached hydrogen (secondary N) is 1. The minimum Gasteiger partial charge on any atom is -0.484 e. The molecule has 2 rings (SSSR count). The fraction of sp³-hybridized carbons (Fsp3) is 0.0714. The Hall–Kier alpha value is -2.50. The Bertz CT molecular complexity index is 632. The molecular weight excluding hydrogens is 271 g/mol. The summed E-state index contributed by atoms with van der Waals surface area (Å²) in [5, 5.41) is 2.41. The summed E-state index contributed by atoms with van der Waals surface area (Å²) in [4.78, 5) is 11.5. The number of ether oxygens (including phenoxy) is 1. The lowest BCUT2D eigenvalue weighted by Crippen LogP contribution is -2.20. The van der Waals surface area contributed by atoms with Crippen molar-refractivity contribution >= 4 is 11.6 Å². The third-order valence-electron chi connectivity index (χ3n) is 2.37. The maximum Gasteiger partial charge on any atom is 0.262 e. The molecule has 0 spiro atoms. The highest BCUT2D eigenvalue weighted by Gasteiger charge is 2.07. The molecule has 1 amide bonds. The van der Waals surface area contributed by atoms with Gasteiger partial charge in [-0.3, -0.25) is 4.79 Å². The summed E-state index contributed by atoms with van der Waals surface area (Å²) >= 11 is 0. The normalized spacial score (nSPS) is 10.2. The van der Waals surface area contributed by atoms with E-state index in [1.165, 1.54) is 24.3 Å². The second-order valence-electron chi connectivity index (χ2n) is 3.92. The van der Waals surface area contributed by atoms with Crippen LogP contribution in [0.25, 0.3) is 0 Å². The topological polar surface area (TPSA) is 38.3 Å². The maximum absolute atomic E-state index is 12.9. The van der Waals surface area contributed by atoms with Gasteiger partial charge in [-0.25, -0.2) is 13.2 Å². The summed E-state index contributed by atoms with van der Waals surface area (Å²) in [6.07, 6.45) is 0. The van der Waals surface area contributed by atoms with Gasteiger partial charge in [0.1, 0.15) is 11.6 Å². The SMILES string of the molecule is O=C(COc1ccc(F)c(F)c1)Nc1cccc(F)c1. The molecule has 0 radical (unpaired) electrons. The highest BCUT2D eigenvalue weighted by molar-refractivity contribution is 5.91. The first-order chi connectivity index (χ1) is 9.54. The monoisotopic (exact) mass is 281 g/mol. The first-order valence-corrected chi connectivity index (χ1v) is 5.68. The largest absolute Gasteiger partial charge is 0.484 e. The van der Waals surface area contributed by atoms with Crippen molar-refractivity contribution in [2.45, 2.75) is 0 Å². The first-order valence-electron chi connectivity index (χ1n) is 5.68. The number of carbonyl (C=O) groups is 1. The molecule has 2 aromatic carbocycles. The van der Waals surface area contributed by atoms with Gasteiger partial charge in [-0.05, 0) is 30.3 Å². The zero-order chi connectivity index (χ0) is 14.5. The van der Waals surface area contributed by atoms with Gasteiger partial charge in [0.05, 0.1) is 0 Å². The highest BCUT2D eigenvalue weighted by Crippen LogP contribution is 2.15. The summed E-state index contributed by atoms with van der Waals surface area (Å²) in [6, 6.07) is 8.29. The molecule has 6 heteroatoms. The van der Waals surface area contributed by atoms with Crippen molar-refractivity contribution in [3.63, 3.8) is 0 Å². The summed E-state index contributed by atoms with van der Waals surface area (Å²) in [6.45, 7) is -0.401. The van der Waals surface area contributed by atoms with Gasteiger partial charge in [0.25, 0.3) is 5.91 Å². The number of rotatable bonds is 4. The van der Waals surface area contributed by atoms with E-state index in [0.717, 1.165) is 18.2 Å². The van der Waals surface area contributed by atoms with Gasteiger partial charge in [-0.15, -0.1) is 0 Å². The van der Waals surface area contributed by atoms with Crippen LogP contribution in [0.15, 0.2) is 42.5 Å². The molecule has 0 aromatic heterocycles. The summed E-state index contributed by atoms with van der Waals surface area (Å²) < 4.78 is 43.5. The minimum absolute atomic E-state index is 0.0262. The predicted octanol–water partition coefficient (Wildman–Crippen LogP) is 3.12. The van der Waals surface area contributed by atoms with Gasteiger partial charge in [0.15, 0.2) is 18.2 Å². The van der Waals surface area contributed by atoms with Crippen molar-refractivity contribution in [1.29, 1.82) is 0 Å². The molecule has 0 aliphatic rings. The number of carbonyl (C=O) groups excluding carboxylic acids is 1. The number of anilines is 1. The van der Waals surface area contributed by atoms with E-state index in [1.807, 2.05) is 0 Å². The van der Waals surface area contributed by atoms with Crippen LogP contribution in [0, 0.1) is 17.5 Å². The van der Waals surface area contributed by atoms with Crippen LogP contribution in [0.3, 0.4) is 0 Å². The molecule has 0 aliphatic carbocycles. The summed E-state index contributed by atoms with van der Waals surface area (Å²) in [5.41, 5.74) is 0.281. The molecule has 0 unspecified atom stereocenters. The van der Waals surface area contributed by atoms with Crippen LogP contribution in [0.4, 0.5) is 18.9 Å². The second kappa shape index (κ2) is 6.10. The fourth-order valence-electron chi connectivity index (χ4n) is 1.48. The summed E-state index contributed by atoms with van der Waals surface area (Å²) in [5.74, 6) is -3.06. The molecule has 104 valence electrons. The molecular formula is C14H10F3NO2. The highest BCUT2D eigenvalue weighted by atomic mass is 19.2. The van der Waals surface area contributed by atoms with Gasteiger partial charge >= 0.3 is 0 Å². The van der Waals surface area contributed by atoms with Crippen LogP contribution >= 0.6 is 0 Å². The van der Waals surface area contributed by atoms with E-state index in [-0.39, 0.29) is 11.4 Å². The molecule has 20 heavy (non-hydrogen) atoms. The predicted molar refractivity (Wildman–Crippen MR) is 66.9 cm³/mol. The Kier molecular flexibility index (Phi) is 4.24. The first kappa shape index (κ1) is 13.9. The molecule has 2 aromatic rings. The number of hydrogen-bond acceptors (Lipinski definition) is 2. The Morgan fingerprint density at radius 1 is 1.05 bits per heavy atom. The Morgan fingerprint density at radius 3 is 2.55 bits per heavy atom. The Labute approximate surface area is 113 Å². The molecule has 0 fully saturated rings. The van der Waals surface area contributed by atoms with Crippen molar-refractivity contribution in [3.8, 4) is 5.75 Å². The van der Waals surface area contributed by atoms with Crippen molar-refractivity contribution in [3.05, 3.63) is 59.9 Å². The van der Waals surface area contributed by atoms with Crippen molar-refractivity contribution in [1.82, 2.24) is 0 Å². The maximum atomic E-state index is 12.9. The van der Waals surface area contributed by atoms with Crippen LogP contribution < -0.4 is 10.1 Å². The number of benzene rings is 2. The van der Waals surface area contributed by atoms with Crippen LogP contribution in [0.5, 0.6) is 5.75 Å². The van der Waals surface area contributed by atoms with E-state index in [1.54, 1.807) is 0 Å². The van der Waals surface area contributed by atoms with E-state index >= 15 is 0 Å². The molecule has 0 saturated carbocycles. The van der Waals surface area contributed by atoms with E-state index in [9.17, 15) is 18.0 Å². The third kappa shape index (κ3) is 3.74. The second-order valence-corrected chi connectivity index (χ2v) is 3.92. The molecule has 0 bridgehead atoms. The lowest BCUT2D eigenvalue weighted by molar-refractivity contribution is -0.118. The van der Waals surface area contributed by atoms with Crippen LogP contribution in [0.1, 0.15) is 0 Å². The van der Waals surface area contributed by atoms with Crippen LogP contribution in [0.2, 0.25) is 0 Å². The number of hydrogen-bond donors (Lipinski definition) is 1. The van der Waals surface area contributed by atoms with Gasteiger partial charge in [-0.1, -0.05) is 6.07 Å². The van der Waals surface area contributed by atoms with Gasteiger partial charge in [-0.2, -0.15) is 0 Å². The number of amides is 1. The van der Waals surface area contributed by atoms with Crippen LogP contribution in [-0.4, -0.2) is 12.5 Å². The van der Waals surface area contributed by atoms with Crippen molar-refractivity contribution < 1.29 is 22.7 Å². The minimum atomic E-state index is -1.06.